The van der Waals surface area contributed by atoms with Gasteiger partial charge in [-0.15, -0.1) is 0 Å². The van der Waals surface area contributed by atoms with E-state index < -0.39 is 0 Å². The summed E-state index contributed by atoms with van der Waals surface area (Å²) in [6.07, 6.45) is 5.35. The lowest BCUT2D eigenvalue weighted by atomic mass is 10.2. The van der Waals surface area contributed by atoms with Crippen LogP contribution in [0.3, 0.4) is 0 Å². The zero-order valence-corrected chi connectivity index (χ0v) is 12.4. The lowest BCUT2D eigenvalue weighted by molar-refractivity contribution is 0.102. The summed E-state index contributed by atoms with van der Waals surface area (Å²) in [5, 5.41) is 2.80. The molecular weight excluding hydrogens is 278 g/mol. The van der Waals surface area contributed by atoms with E-state index in [1.165, 1.54) is 6.33 Å². The summed E-state index contributed by atoms with van der Waals surface area (Å²) in [5.74, 6) is 0.234. The molecule has 0 aliphatic heterocycles. The molecule has 22 heavy (non-hydrogen) atoms. The minimum atomic E-state index is -0.205. The van der Waals surface area contributed by atoms with Crippen LogP contribution in [0.15, 0.2) is 43.0 Å². The Morgan fingerprint density at radius 2 is 2.00 bits per heavy atom. The third-order valence-electron chi connectivity index (χ3n) is 3.42. The van der Waals surface area contributed by atoms with Crippen LogP contribution in [0.5, 0.6) is 0 Å². The number of aryl methyl sites for hydroxylation is 1. The Morgan fingerprint density at radius 3 is 2.77 bits per heavy atom. The van der Waals surface area contributed by atoms with Crippen molar-refractivity contribution in [3.8, 4) is 0 Å². The number of aromatic nitrogens is 4. The molecule has 1 N–H and O–H groups in total. The van der Waals surface area contributed by atoms with Crippen molar-refractivity contribution < 1.29 is 4.79 Å². The van der Waals surface area contributed by atoms with E-state index >= 15 is 0 Å². The number of imidazole rings is 1. The number of hydrogen-bond donors (Lipinski definition) is 1. The SMILES string of the molecule is CCCCn1cnc2c(NC(=O)c3ccccc3)ncnc21. The zero-order valence-electron chi connectivity index (χ0n) is 12.4. The molecular formula is C16H17N5O. The minimum absolute atomic E-state index is 0.205. The fraction of sp³-hybridized carbons (Fsp3) is 0.250. The van der Waals surface area contributed by atoms with Gasteiger partial charge in [-0.25, -0.2) is 15.0 Å². The number of carbonyl (C=O) groups excluding carboxylic acids is 1. The molecule has 2 aromatic heterocycles. The lowest BCUT2D eigenvalue weighted by Gasteiger charge is -2.05. The van der Waals surface area contributed by atoms with Crippen molar-refractivity contribution in [1.82, 2.24) is 19.5 Å². The maximum Gasteiger partial charge on any atom is 0.256 e. The van der Waals surface area contributed by atoms with E-state index in [1.54, 1.807) is 18.5 Å². The van der Waals surface area contributed by atoms with E-state index in [2.05, 4.69) is 27.2 Å². The molecule has 112 valence electrons. The number of unbranched alkanes of at least 4 members (excludes halogenated alkanes) is 1. The zero-order chi connectivity index (χ0) is 15.4. The summed E-state index contributed by atoms with van der Waals surface area (Å²) < 4.78 is 1.98. The van der Waals surface area contributed by atoms with Gasteiger partial charge in [-0.2, -0.15) is 0 Å². The quantitative estimate of drug-likeness (QED) is 0.785. The molecule has 0 aliphatic carbocycles. The Bertz CT molecular complexity index is 782. The Balaban J connectivity index is 1.88. The van der Waals surface area contributed by atoms with Gasteiger partial charge >= 0.3 is 0 Å². The van der Waals surface area contributed by atoms with Gasteiger partial charge in [-0.3, -0.25) is 4.79 Å². The Morgan fingerprint density at radius 1 is 1.18 bits per heavy atom. The topological polar surface area (TPSA) is 72.7 Å². The fourth-order valence-corrected chi connectivity index (χ4v) is 2.23. The van der Waals surface area contributed by atoms with Gasteiger partial charge in [0.1, 0.15) is 6.33 Å². The van der Waals surface area contributed by atoms with E-state index in [1.807, 2.05) is 22.8 Å². The molecule has 1 amide bonds. The highest BCUT2D eigenvalue weighted by atomic mass is 16.1. The van der Waals surface area contributed by atoms with Gasteiger partial charge in [-0.05, 0) is 18.6 Å². The number of amides is 1. The average Bonchev–Trinajstić information content (AvgIpc) is 2.98. The second kappa shape index (κ2) is 6.34. The summed E-state index contributed by atoms with van der Waals surface area (Å²) >= 11 is 0. The summed E-state index contributed by atoms with van der Waals surface area (Å²) in [7, 11) is 0. The third-order valence-corrected chi connectivity index (χ3v) is 3.42. The van der Waals surface area contributed by atoms with E-state index in [9.17, 15) is 4.79 Å². The van der Waals surface area contributed by atoms with Crippen LogP contribution in [-0.4, -0.2) is 25.4 Å². The Labute approximate surface area is 128 Å². The number of fused-ring (bicyclic) bond motifs is 1. The van der Waals surface area contributed by atoms with Crippen LogP contribution in [-0.2, 0) is 6.54 Å². The van der Waals surface area contributed by atoms with Crippen molar-refractivity contribution in [2.45, 2.75) is 26.3 Å². The highest BCUT2D eigenvalue weighted by molar-refractivity contribution is 6.06. The molecule has 6 heteroatoms. The van der Waals surface area contributed by atoms with Gasteiger partial charge in [0.15, 0.2) is 17.0 Å². The highest BCUT2D eigenvalue weighted by Gasteiger charge is 2.13. The Hall–Kier alpha value is -2.76. The smallest absolute Gasteiger partial charge is 0.256 e. The van der Waals surface area contributed by atoms with Crippen molar-refractivity contribution >= 4 is 22.9 Å². The van der Waals surface area contributed by atoms with Crippen LogP contribution in [0, 0.1) is 0 Å². The molecule has 6 nitrogen and oxygen atoms in total. The van der Waals surface area contributed by atoms with Crippen LogP contribution in [0.25, 0.3) is 11.2 Å². The van der Waals surface area contributed by atoms with Gasteiger partial charge in [0.05, 0.1) is 6.33 Å². The van der Waals surface area contributed by atoms with Crippen LogP contribution in [0.2, 0.25) is 0 Å². The molecule has 0 unspecified atom stereocenters. The molecule has 0 atom stereocenters. The van der Waals surface area contributed by atoms with Crippen molar-refractivity contribution in [3.05, 3.63) is 48.5 Å². The summed E-state index contributed by atoms with van der Waals surface area (Å²) in [6, 6.07) is 9.03. The second-order valence-electron chi connectivity index (χ2n) is 5.01. The van der Waals surface area contributed by atoms with Crippen LogP contribution >= 0.6 is 0 Å². The lowest BCUT2D eigenvalue weighted by Crippen LogP contribution is -2.13. The summed E-state index contributed by atoms with van der Waals surface area (Å²) in [4.78, 5) is 25.0. The van der Waals surface area contributed by atoms with E-state index in [-0.39, 0.29) is 5.91 Å². The minimum Gasteiger partial charge on any atom is -0.315 e. The number of nitrogens with one attached hydrogen (secondary N) is 1. The van der Waals surface area contributed by atoms with Crippen molar-refractivity contribution in [2.24, 2.45) is 0 Å². The highest BCUT2D eigenvalue weighted by Crippen LogP contribution is 2.18. The molecule has 0 radical (unpaired) electrons. The standard InChI is InChI=1S/C16H17N5O/c1-2-3-9-21-11-19-13-14(17-10-18-15(13)21)20-16(22)12-7-5-4-6-8-12/h4-8,10-11H,2-3,9H2,1H3,(H,17,18,20,22). The monoisotopic (exact) mass is 295 g/mol. The molecule has 2 heterocycles. The molecule has 3 aromatic rings. The largest absolute Gasteiger partial charge is 0.315 e. The molecule has 0 saturated heterocycles. The first-order chi connectivity index (χ1) is 10.8. The maximum atomic E-state index is 12.2. The molecule has 0 fully saturated rings. The van der Waals surface area contributed by atoms with Crippen LogP contribution in [0.1, 0.15) is 30.1 Å². The molecule has 3 rings (SSSR count). The number of anilines is 1. The fourth-order valence-electron chi connectivity index (χ4n) is 2.23. The van der Waals surface area contributed by atoms with Crippen molar-refractivity contribution in [1.29, 1.82) is 0 Å². The normalized spacial score (nSPS) is 10.8. The predicted molar refractivity (Wildman–Crippen MR) is 84.6 cm³/mol. The first-order valence-corrected chi connectivity index (χ1v) is 7.32. The number of rotatable bonds is 5. The number of carbonyl (C=O) groups is 1. The van der Waals surface area contributed by atoms with Gasteiger partial charge in [0, 0.05) is 12.1 Å². The molecule has 0 bridgehead atoms. The predicted octanol–water partition coefficient (Wildman–Crippen LogP) is 2.88. The number of nitrogens with zero attached hydrogens (tertiary/aromatic N) is 4. The van der Waals surface area contributed by atoms with E-state index in [0.29, 0.717) is 16.9 Å². The van der Waals surface area contributed by atoms with E-state index in [4.69, 9.17) is 0 Å². The first kappa shape index (κ1) is 14.2. The summed E-state index contributed by atoms with van der Waals surface area (Å²) in [6.45, 7) is 3.00. The van der Waals surface area contributed by atoms with Gasteiger partial charge in [0.2, 0.25) is 0 Å². The second-order valence-corrected chi connectivity index (χ2v) is 5.01. The maximum absolute atomic E-state index is 12.2. The number of hydrogen-bond acceptors (Lipinski definition) is 4. The van der Waals surface area contributed by atoms with Crippen molar-refractivity contribution in [3.63, 3.8) is 0 Å². The van der Waals surface area contributed by atoms with Crippen LogP contribution < -0.4 is 5.32 Å². The molecule has 0 saturated carbocycles. The summed E-state index contributed by atoms with van der Waals surface area (Å²) in [5.41, 5.74) is 1.94. The third kappa shape index (κ3) is 2.81. The van der Waals surface area contributed by atoms with E-state index in [0.717, 1.165) is 25.0 Å². The number of benzene rings is 1. The molecule has 0 aliphatic rings. The first-order valence-electron chi connectivity index (χ1n) is 7.32. The Kier molecular flexibility index (Phi) is 4.09. The molecule has 1 aromatic carbocycles. The van der Waals surface area contributed by atoms with Gasteiger partial charge in [-0.1, -0.05) is 31.5 Å². The van der Waals surface area contributed by atoms with Crippen molar-refractivity contribution in [2.75, 3.05) is 5.32 Å². The molecule has 0 spiro atoms. The van der Waals surface area contributed by atoms with Crippen LogP contribution in [0.4, 0.5) is 5.82 Å². The van der Waals surface area contributed by atoms with Gasteiger partial charge < -0.3 is 9.88 Å². The van der Waals surface area contributed by atoms with Gasteiger partial charge in [0.25, 0.3) is 5.91 Å². The average molecular weight is 295 g/mol.